The van der Waals surface area contributed by atoms with Crippen LogP contribution >= 0.6 is 8.95 Å². The molecule has 0 radical (unpaired) electrons. The van der Waals surface area contributed by atoms with E-state index in [1.807, 2.05) is 25.1 Å². The summed E-state index contributed by atoms with van der Waals surface area (Å²) < 4.78 is 3.98. The zero-order chi connectivity index (χ0) is 22.2. The average molecular weight is 543 g/mol. The molecule has 0 bridgehead atoms. The fourth-order valence-electron chi connectivity index (χ4n) is 3.62. The van der Waals surface area contributed by atoms with Gasteiger partial charge >= 0.3 is 196 Å². The molecule has 158 valence electrons. The van der Waals surface area contributed by atoms with Crippen LogP contribution in [0.1, 0.15) is 12.6 Å². The summed E-state index contributed by atoms with van der Waals surface area (Å²) in [7, 11) is 1.70. The molecule has 0 atom stereocenters. The minimum atomic E-state index is -3.58. The van der Waals surface area contributed by atoms with E-state index in [9.17, 15) is 0 Å². The minimum absolute atomic E-state index is 0.465. The van der Waals surface area contributed by atoms with Crippen LogP contribution in [0.15, 0.2) is 126 Å². The Morgan fingerprint density at radius 2 is 1.16 bits per heavy atom. The number of aromatic nitrogens is 1. The molecule has 0 unspecified atom stereocenters. The van der Waals surface area contributed by atoms with E-state index in [1.54, 1.807) is 15.1 Å². The summed E-state index contributed by atoms with van der Waals surface area (Å²) in [6.07, 6.45) is 1.75. The van der Waals surface area contributed by atoms with E-state index in [2.05, 4.69) is 106 Å². The first-order chi connectivity index (χ1) is 15.7. The fraction of sp³-hybridized carbons (Fsp3) is 0.0385. The predicted octanol–water partition coefficient (Wildman–Crippen LogP) is 3.52. The summed E-state index contributed by atoms with van der Waals surface area (Å²) in [4.78, 5) is 4.34. The van der Waals surface area contributed by atoms with Crippen LogP contribution in [0.4, 0.5) is 0 Å². The van der Waals surface area contributed by atoms with Crippen molar-refractivity contribution in [3.05, 3.63) is 121 Å². The molecule has 4 rings (SSSR count). The Morgan fingerprint density at radius 1 is 0.688 bits per heavy atom. The van der Waals surface area contributed by atoms with E-state index < -0.39 is 17.0 Å². The second-order valence-electron chi connectivity index (χ2n) is 7.22. The number of amidine groups is 1. The van der Waals surface area contributed by atoms with E-state index in [-0.39, 0.29) is 0 Å². The SMILES string of the molecule is C/C(=N\N=C(/N)[S][Sn]([c]1ccccc1)([c]1ccccc1)[c]1ccccc1)c1ccccn1. The van der Waals surface area contributed by atoms with E-state index in [0.29, 0.717) is 5.17 Å². The average Bonchev–Trinajstić information content (AvgIpc) is 2.88. The molecule has 0 fully saturated rings. The Hall–Kier alpha value is -2.90. The topological polar surface area (TPSA) is 63.6 Å². The van der Waals surface area contributed by atoms with Crippen molar-refractivity contribution < 1.29 is 0 Å². The molecular weight excluding hydrogens is 519 g/mol. The van der Waals surface area contributed by atoms with Crippen molar-refractivity contribution in [2.75, 3.05) is 0 Å². The molecule has 4 nitrogen and oxygen atoms in total. The Bertz CT molecular complexity index is 1100. The monoisotopic (exact) mass is 544 g/mol. The summed E-state index contributed by atoms with van der Waals surface area (Å²) in [6, 6.07) is 37.8. The van der Waals surface area contributed by atoms with E-state index in [0.717, 1.165) is 11.4 Å². The van der Waals surface area contributed by atoms with Crippen LogP contribution in [0.5, 0.6) is 0 Å². The molecule has 0 aliphatic carbocycles. The third-order valence-electron chi connectivity index (χ3n) is 5.13. The first-order valence-electron chi connectivity index (χ1n) is 10.3. The van der Waals surface area contributed by atoms with Crippen LogP contribution in [0.3, 0.4) is 0 Å². The molecular formula is C26H24N4SSn. The molecule has 4 aromatic rings. The summed E-state index contributed by atoms with van der Waals surface area (Å²) in [5.74, 6) is 0. The van der Waals surface area contributed by atoms with Gasteiger partial charge in [0.2, 0.25) is 0 Å². The second kappa shape index (κ2) is 10.6. The van der Waals surface area contributed by atoms with Crippen LogP contribution in [0.2, 0.25) is 0 Å². The normalized spacial score (nSPS) is 12.5. The van der Waals surface area contributed by atoms with Gasteiger partial charge in [-0.05, 0) is 0 Å². The van der Waals surface area contributed by atoms with Crippen molar-refractivity contribution in [1.29, 1.82) is 0 Å². The van der Waals surface area contributed by atoms with E-state index in [4.69, 9.17) is 5.73 Å². The second-order valence-corrected chi connectivity index (χ2v) is 22.5. The number of hydrogen-bond donors (Lipinski definition) is 1. The van der Waals surface area contributed by atoms with E-state index >= 15 is 0 Å². The Kier molecular flexibility index (Phi) is 7.39. The molecule has 0 spiro atoms. The molecule has 32 heavy (non-hydrogen) atoms. The van der Waals surface area contributed by atoms with Gasteiger partial charge in [-0.3, -0.25) is 0 Å². The summed E-state index contributed by atoms with van der Waals surface area (Å²) in [5, 5.41) is 9.27. The number of benzene rings is 3. The Morgan fingerprint density at radius 3 is 1.59 bits per heavy atom. The molecule has 6 heteroatoms. The first kappa shape index (κ1) is 22.3. The first-order valence-corrected chi connectivity index (χ1v) is 18.9. The van der Waals surface area contributed by atoms with Crippen molar-refractivity contribution in [2.24, 2.45) is 15.9 Å². The van der Waals surface area contributed by atoms with Crippen molar-refractivity contribution in [1.82, 2.24) is 4.98 Å². The van der Waals surface area contributed by atoms with Crippen molar-refractivity contribution in [3.8, 4) is 0 Å². The number of pyridine rings is 1. The maximum atomic E-state index is 6.54. The van der Waals surface area contributed by atoms with Crippen molar-refractivity contribution in [2.45, 2.75) is 6.92 Å². The molecule has 0 aliphatic heterocycles. The van der Waals surface area contributed by atoms with Crippen LogP contribution < -0.4 is 16.5 Å². The quantitative estimate of drug-likeness (QED) is 0.175. The standard InChI is InChI=1S/C8H10N4S.3C6H5.Sn/c1-6(11-12-8(9)13)7-4-2-3-5-10-7;3*1-2-4-6-5-3-1;/h2-5H,1H3,(H3,9,12,13);3*1-5H;/q;;;;+1/p-1/b11-6+;;;;. The number of rotatable bonds is 6. The van der Waals surface area contributed by atoms with Gasteiger partial charge in [0.05, 0.1) is 0 Å². The van der Waals surface area contributed by atoms with Crippen molar-refractivity contribution >= 4 is 47.6 Å². The molecule has 0 amide bonds. The van der Waals surface area contributed by atoms with Gasteiger partial charge in [-0.1, -0.05) is 0 Å². The van der Waals surface area contributed by atoms with Crippen LogP contribution in [-0.2, 0) is 0 Å². The zero-order valence-electron chi connectivity index (χ0n) is 17.8. The number of hydrogen-bond acceptors (Lipinski definition) is 4. The van der Waals surface area contributed by atoms with Gasteiger partial charge in [0.1, 0.15) is 0 Å². The molecule has 3 aromatic carbocycles. The maximum absolute atomic E-state index is 6.54. The van der Waals surface area contributed by atoms with Crippen molar-refractivity contribution in [3.63, 3.8) is 0 Å². The third kappa shape index (κ3) is 4.94. The predicted molar refractivity (Wildman–Crippen MR) is 140 cm³/mol. The van der Waals surface area contributed by atoms with E-state index in [1.165, 1.54) is 10.7 Å². The van der Waals surface area contributed by atoms with Gasteiger partial charge in [-0.2, -0.15) is 0 Å². The van der Waals surface area contributed by atoms with Crippen LogP contribution in [0, 0.1) is 0 Å². The van der Waals surface area contributed by atoms with Gasteiger partial charge < -0.3 is 0 Å². The number of nitrogens with zero attached hydrogens (tertiary/aromatic N) is 3. The molecule has 1 heterocycles. The van der Waals surface area contributed by atoms with Crippen LogP contribution in [0.25, 0.3) is 0 Å². The summed E-state index contributed by atoms with van der Waals surface area (Å²) in [5.41, 5.74) is 8.06. The molecule has 2 N–H and O–H groups in total. The molecule has 0 saturated heterocycles. The zero-order valence-corrected chi connectivity index (χ0v) is 21.5. The van der Waals surface area contributed by atoms with Gasteiger partial charge in [0.25, 0.3) is 0 Å². The summed E-state index contributed by atoms with van der Waals surface area (Å²) >= 11 is -3.58. The van der Waals surface area contributed by atoms with Crippen LogP contribution in [-0.4, -0.2) is 32.9 Å². The fourth-order valence-corrected chi connectivity index (χ4v) is 21.7. The third-order valence-corrected chi connectivity index (χ3v) is 24.7. The Balaban J connectivity index is 1.83. The Labute approximate surface area is 195 Å². The van der Waals surface area contributed by atoms with Gasteiger partial charge in [-0.15, -0.1) is 0 Å². The van der Waals surface area contributed by atoms with Gasteiger partial charge in [-0.25, -0.2) is 0 Å². The summed E-state index contributed by atoms with van der Waals surface area (Å²) in [6.45, 7) is 1.89. The molecule has 0 saturated carbocycles. The van der Waals surface area contributed by atoms with Gasteiger partial charge in [0, 0.05) is 0 Å². The molecule has 1 aromatic heterocycles. The number of nitrogens with two attached hydrogens (primary N) is 1. The van der Waals surface area contributed by atoms with Gasteiger partial charge in [0.15, 0.2) is 0 Å². The molecule has 0 aliphatic rings.